The van der Waals surface area contributed by atoms with E-state index in [0.717, 1.165) is 18.5 Å². The maximum atomic E-state index is 13.0. The first-order valence-corrected chi connectivity index (χ1v) is 11.3. The van der Waals surface area contributed by atoms with Crippen LogP contribution in [0.3, 0.4) is 0 Å². The van der Waals surface area contributed by atoms with E-state index in [1.165, 1.54) is 9.54 Å². The Hall–Kier alpha value is -3.09. The van der Waals surface area contributed by atoms with Gasteiger partial charge in [0.2, 0.25) is 0 Å². The van der Waals surface area contributed by atoms with E-state index in [1.807, 2.05) is 30.3 Å². The molecule has 4 rings (SSSR count). The summed E-state index contributed by atoms with van der Waals surface area (Å²) in [6.07, 6.45) is 1.58. The van der Waals surface area contributed by atoms with Gasteiger partial charge in [-0.1, -0.05) is 54.6 Å². The van der Waals surface area contributed by atoms with E-state index in [4.69, 9.17) is 4.74 Å². The van der Waals surface area contributed by atoms with Gasteiger partial charge in [-0.2, -0.15) is 0 Å². The molecule has 0 fully saturated rings. The quantitative estimate of drug-likeness (QED) is 0.424. The third kappa shape index (κ3) is 4.25. The lowest BCUT2D eigenvalue weighted by Crippen LogP contribution is -2.23. The van der Waals surface area contributed by atoms with Crippen molar-refractivity contribution < 1.29 is 13.2 Å². The van der Waals surface area contributed by atoms with Crippen LogP contribution in [0, 0.1) is 0 Å². The Kier molecular flexibility index (Phi) is 5.88. The van der Waals surface area contributed by atoms with Gasteiger partial charge < -0.3 is 4.74 Å². The van der Waals surface area contributed by atoms with Crippen LogP contribution in [0.25, 0.3) is 10.9 Å². The summed E-state index contributed by atoms with van der Waals surface area (Å²) in [5.74, 6) is 0.683. The minimum atomic E-state index is -3.65. The van der Waals surface area contributed by atoms with Crippen molar-refractivity contribution in [2.24, 2.45) is 0 Å². The number of benzene rings is 3. The van der Waals surface area contributed by atoms with Crippen LogP contribution in [0.4, 0.5) is 0 Å². The highest BCUT2D eigenvalue weighted by Gasteiger charge is 2.19. The second kappa shape index (κ2) is 8.73. The number of ether oxygens (including phenoxy) is 1. The van der Waals surface area contributed by atoms with Gasteiger partial charge in [-0.3, -0.25) is 4.90 Å². The van der Waals surface area contributed by atoms with Gasteiger partial charge >= 0.3 is 0 Å². The highest BCUT2D eigenvalue weighted by molar-refractivity contribution is 7.90. The molecule has 0 unspecified atom stereocenters. The van der Waals surface area contributed by atoms with Crippen molar-refractivity contribution >= 4 is 20.9 Å². The highest BCUT2D eigenvalue weighted by Crippen LogP contribution is 2.29. The van der Waals surface area contributed by atoms with Crippen molar-refractivity contribution in [2.45, 2.75) is 11.4 Å². The van der Waals surface area contributed by atoms with Gasteiger partial charge in [0, 0.05) is 24.7 Å². The maximum Gasteiger partial charge on any atom is 0.268 e. The summed E-state index contributed by atoms with van der Waals surface area (Å²) in [6.45, 7) is 2.12. The molecule has 4 aromatic rings. The molecule has 3 aromatic carbocycles. The third-order valence-corrected chi connectivity index (χ3v) is 6.69. The van der Waals surface area contributed by atoms with Crippen molar-refractivity contribution in [3.63, 3.8) is 0 Å². The minimum Gasteiger partial charge on any atom is -0.492 e. The van der Waals surface area contributed by atoms with Crippen LogP contribution < -0.4 is 4.74 Å². The molecular formula is C24H24N2O3S. The topological polar surface area (TPSA) is 51.5 Å². The Balaban J connectivity index is 1.48. The SMILES string of the molecule is CN(CCOc1cccc2c1ccn2S(=O)(=O)c1ccccc1)Cc1ccccc1. The molecule has 154 valence electrons. The molecule has 6 heteroatoms. The molecule has 0 radical (unpaired) electrons. The number of nitrogens with zero attached hydrogens (tertiary/aromatic N) is 2. The smallest absolute Gasteiger partial charge is 0.268 e. The molecule has 1 heterocycles. The van der Waals surface area contributed by atoms with Gasteiger partial charge in [0.15, 0.2) is 0 Å². The van der Waals surface area contributed by atoms with Crippen LogP contribution in [0.2, 0.25) is 0 Å². The number of hydrogen-bond acceptors (Lipinski definition) is 4. The second-order valence-electron chi connectivity index (χ2n) is 7.19. The predicted octanol–water partition coefficient (Wildman–Crippen LogP) is 4.39. The van der Waals surface area contributed by atoms with Gasteiger partial charge in [-0.25, -0.2) is 12.4 Å². The van der Waals surface area contributed by atoms with Crippen LogP contribution in [0.1, 0.15) is 5.56 Å². The molecule has 0 saturated heterocycles. The Morgan fingerprint density at radius 2 is 1.57 bits per heavy atom. The van der Waals surface area contributed by atoms with Gasteiger partial charge in [0.05, 0.1) is 10.4 Å². The van der Waals surface area contributed by atoms with E-state index in [1.54, 1.807) is 48.7 Å². The largest absolute Gasteiger partial charge is 0.492 e. The number of likely N-dealkylation sites (N-methyl/N-ethyl adjacent to an activating group) is 1. The van der Waals surface area contributed by atoms with E-state index in [-0.39, 0.29) is 4.90 Å². The predicted molar refractivity (Wildman–Crippen MR) is 119 cm³/mol. The van der Waals surface area contributed by atoms with Crippen molar-refractivity contribution in [1.82, 2.24) is 8.87 Å². The van der Waals surface area contributed by atoms with Crippen LogP contribution in [0.5, 0.6) is 5.75 Å². The van der Waals surface area contributed by atoms with Crippen LogP contribution >= 0.6 is 0 Å². The molecule has 5 nitrogen and oxygen atoms in total. The lowest BCUT2D eigenvalue weighted by atomic mass is 10.2. The number of hydrogen-bond donors (Lipinski definition) is 0. The van der Waals surface area contributed by atoms with E-state index in [2.05, 4.69) is 24.1 Å². The fourth-order valence-electron chi connectivity index (χ4n) is 3.44. The molecule has 0 aliphatic rings. The first-order valence-electron chi connectivity index (χ1n) is 9.82. The van der Waals surface area contributed by atoms with Gasteiger partial charge in [0.1, 0.15) is 12.4 Å². The van der Waals surface area contributed by atoms with E-state index >= 15 is 0 Å². The van der Waals surface area contributed by atoms with Crippen molar-refractivity contribution in [3.8, 4) is 5.75 Å². The van der Waals surface area contributed by atoms with Crippen molar-refractivity contribution in [2.75, 3.05) is 20.2 Å². The van der Waals surface area contributed by atoms with Gasteiger partial charge in [0.25, 0.3) is 10.0 Å². The number of rotatable bonds is 8. The molecule has 0 aliphatic carbocycles. The monoisotopic (exact) mass is 420 g/mol. The zero-order chi connectivity index (χ0) is 21.0. The van der Waals surface area contributed by atoms with E-state index in [9.17, 15) is 8.42 Å². The molecule has 0 saturated carbocycles. The van der Waals surface area contributed by atoms with E-state index in [0.29, 0.717) is 17.9 Å². The zero-order valence-electron chi connectivity index (χ0n) is 16.8. The summed E-state index contributed by atoms with van der Waals surface area (Å²) in [5.41, 5.74) is 1.86. The molecular weight excluding hydrogens is 396 g/mol. The fourth-order valence-corrected chi connectivity index (χ4v) is 4.81. The number of fused-ring (bicyclic) bond motifs is 1. The lowest BCUT2D eigenvalue weighted by Gasteiger charge is -2.17. The molecule has 30 heavy (non-hydrogen) atoms. The minimum absolute atomic E-state index is 0.261. The first-order chi connectivity index (χ1) is 14.6. The Labute approximate surface area is 177 Å². The maximum absolute atomic E-state index is 13.0. The Bertz CT molecular complexity index is 1220. The summed E-state index contributed by atoms with van der Waals surface area (Å²) in [7, 11) is -1.60. The molecule has 0 amide bonds. The molecule has 0 aliphatic heterocycles. The molecule has 0 atom stereocenters. The fraction of sp³-hybridized carbons (Fsp3) is 0.167. The van der Waals surface area contributed by atoms with Crippen LogP contribution in [-0.4, -0.2) is 37.5 Å². The Morgan fingerprint density at radius 1 is 0.867 bits per heavy atom. The standard InChI is InChI=1S/C24H24N2O3S/c1-25(19-20-9-4-2-5-10-20)17-18-29-24-14-8-13-23-22(24)15-16-26(23)30(27,28)21-11-6-3-7-12-21/h2-16H,17-19H2,1H3. The van der Waals surface area contributed by atoms with Crippen molar-refractivity contribution in [3.05, 3.63) is 96.7 Å². The highest BCUT2D eigenvalue weighted by atomic mass is 32.2. The molecule has 0 bridgehead atoms. The summed E-state index contributed by atoms with van der Waals surface area (Å²) in [4.78, 5) is 2.46. The number of aromatic nitrogens is 1. The summed E-state index contributed by atoms with van der Waals surface area (Å²) in [5, 5.41) is 0.780. The second-order valence-corrected chi connectivity index (χ2v) is 9.01. The van der Waals surface area contributed by atoms with E-state index < -0.39 is 10.0 Å². The van der Waals surface area contributed by atoms with Crippen LogP contribution in [0.15, 0.2) is 96.0 Å². The zero-order valence-corrected chi connectivity index (χ0v) is 17.6. The normalized spacial score (nSPS) is 11.8. The summed E-state index contributed by atoms with van der Waals surface area (Å²) < 4.78 is 33.3. The summed E-state index contributed by atoms with van der Waals surface area (Å²) >= 11 is 0. The van der Waals surface area contributed by atoms with Gasteiger partial charge in [-0.15, -0.1) is 0 Å². The van der Waals surface area contributed by atoms with Crippen molar-refractivity contribution in [1.29, 1.82) is 0 Å². The molecule has 1 aromatic heterocycles. The average Bonchev–Trinajstić information content (AvgIpc) is 3.21. The lowest BCUT2D eigenvalue weighted by molar-refractivity contribution is 0.234. The average molecular weight is 421 g/mol. The Morgan fingerprint density at radius 3 is 2.30 bits per heavy atom. The summed E-state index contributed by atoms with van der Waals surface area (Å²) in [6, 6.07) is 26.0. The third-order valence-electron chi connectivity index (χ3n) is 4.98. The molecule has 0 spiro atoms. The first kappa shape index (κ1) is 20.2. The van der Waals surface area contributed by atoms with Gasteiger partial charge in [-0.05, 0) is 42.9 Å². The molecule has 0 N–H and O–H groups in total. The van der Waals surface area contributed by atoms with Crippen LogP contribution in [-0.2, 0) is 16.6 Å².